The topological polar surface area (TPSA) is 83.1 Å². The molecule has 0 saturated carbocycles. The van der Waals surface area contributed by atoms with Gasteiger partial charge >= 0.3 is 0 Å². The van der Waals surface area contributed by atoms with Gasteiger partial charge < -0.3 is 10.6 Å². The quantitative estimate of drug-likeness (QED) is 0.751. The van der Waals surface area contributed by atoms with Crippen LogP contribution in [-0.2, 0) is 19.9 Å². The van der Waals surface area contributed by atoms with Crippen LogP contribution in [0.3, 0.4) is 0 Å². The summed E-state index contributed by atoms with van der Waals surface area (Å²) in [4.78, 5) is 41.5. The second kappa shape index (κ2) is 6.56. The summed E-state index contributed by atoms with van der Waals surface area (Å²) in [7, 11) is 0. The maximum Gasteiger partial charge on any atom is 0.291 e. The monoisotopic (exact) mass is 404 g/mol. The number of fused-ring (bicyclic) bond motifs is 4. The van der Waals surface area contributed by atoms with Crippen LogP contribution in [-0.4, -0.2) is 34.7 Å². The number of carbonyl (C=O) groups excluding carboxylic acids is 3. The normalized spacial score (nSPS) is 32.3. The van der Waals surface area contributed by atoms with Crippen LogP contribution in [0.1, 0.15) is 46.1 Å². The van der Waals surface area contributed by atoms with Crippen molar-refractivity contribution in [3.63, 3.8) is 0 Å². The molecule has 4 rings (SSSR count). The van der Waals surface area contributed by atoms with E-state index in [9.17, 15) is 14.4 Å². The third kappa shape index (κ3) is 2.47. The lowest BCUT2D eigenvalue weighted by Gasteiger charge is -2.29. The highest BCUT2D eigenvalue weighted by Crippen LogP contribution is 2.50. The Bertz CT molecular complexity index is 870. The second-order valence-electron chi connectivity index (χ2n) is 8.78. The number of quaternary nitrogens is 1. The number of halogens is 1. The largest absolute Gasteiger partial charge is 0.326 e. The van der Waals surface area contributed by atoms with E-state index >= 15 is 0 Å². The molecule has 2 fully saturated rings. The molecule has 7 heteroatoms. The number of nitrogens with zero attached hydrogens (tertiary/aromatic N) is 1. The molecule has 5 atom stereocenters. The summed E-state index contributed by atoms with van der Waals surface area (Å²) < 4.78 is 0. The number of likely N-dealkylation sites (tertiary alicyclic amines) is 1. The highest BCUT2D eigenvalue weighted by Gasteiger charge is 2.74. The zero-order valence-electron chi connectivity index (χ0n) is 16.7. The third-order valence-electron chi connectivity index (χ3n) is 6.64. The summed E-state index contributed by atoms with van der Waals surface area (Å²) in [6.07, 6.45) is 1.45. The van der Waals surface area contributed by atoms with Gasteiger partial charge in [0.1, 0.15) is 17.9 Å². The minimum Gasteiger partial charge on any atom is -0.326 e. The number of carbonyl (C=O) groups is 3. The van der Waals surface area contributed by atoms with Gasteiger partial charge in [-0.2, -0.15) is 0 Å². The molecule has 1 aromatic carbocycles. The lowest BCUT2D eigenvalue weighted by molar-refractivity contribution is -0.734. The Morgan fingerprint density at radius 3 is 2.57 bits per heavy atom. The van der Waals surface area contributed by atoms with E-state index in [1.807, 2.05) is 19.2 Å². The van der Waals surface area contributed by atoms with Gasteiger partial charge in [-0.15, -0.1) is 0 Å². The Morgan fingerprint density at radius 1 is 1.21 bits per heavy atom. The fourth-order valence-corrected chi connectivity index (χ4v) is 5.51. The van der Waals surface area contributed by atoms with E-state index in [1.54, 1.807) is 18.2 Å². The smallest absolute Gasteiger partial charge is 0.291 e. The molecular formula is C21H27ClN3O3+. The van der Waals surface area contributed by atoms with Crippen LogP contribution in [0.15, 0.2) is 18.2 Å². The van der Waals surface area contributed by atoms with E-state index in [0.29, 0.717) is 23.0 Å². The fraction of sp³-hybridized carbons (Fsp3) is 0.571. The van der Waals surface area contributed by atoms with Gasteiger partial charge in [-0.05, 0) is 37.5 Å². The minimum absolute atomic E-state index is 0.119. The predicted octanol–water partition coefficient (Wildman–Crippen LogP) is 1.88. The van der Waals surface area contributed by atoms with Crippen LogP contribution in [0.4, 0.5) is 5.69 Å². The van der Waals surface area contributed by atoms with Crippen LogP contribution >= 0.6 is 11.6 Å². The van der Waals surface area contributed by atoms with Crippen LogP contribution in [0.2, 0.25) is 5.02 Å². The van der Waals surface area contributed by atoms with Crippen molar-refractivity contribution in [3.05, 3.63) is 28.8 Å². The van der Waals surface area contributed by atoms with Crippen molar-refractivity contribution in [3.8, 4) is 0 Å². The molecule has 3 heterocycles. The molecule has 3 amide bonds. The van der Waals surface area contributed by atoms with E-state index in [0.717, 1.165) is 12.0 Å². The van der Waals surface area contributed by atoms with Crippen LogP contribution in [0, 0.1) is 17.8 Å². The molecule has 3 aliphatic heterocycles. The molecule has 3 aliphatic rings. The number of nitrogens with one attached hydrogen (secondary N) is 1. The fourth-order valence-electron chi connectivity index (χ4n) is 5.33. The lowest BCUT2D eigenvalue weighted by Crippen LogP contribution is -2.99. The second-order valence-corrected chi connectivity index (χ2v) is 9.22. The molecule has 0 unspecified atom stereocenters. The zero-order chi connectivity index (χ0) is 20.4. The van der Waals surface area contributed by atoms with E-state index < -0.39 is 17.4 Å². The van der Waals surface area contributed by atoms with Gasteiger partial charge in [0.2, 0.25) is 17.4 Å². The number of anilines is 1. The van der Waals surface area contributed by atoms with Crippen molar-refractivity contribution in [2.75, 3.05) is 5.32 Å². The Hall–Kier alpha value is -1.92. The number of rotatable bonds is 4. The minimum atomic E-state index is -1.13. The first-order valence-corrected chi connectivity index (χ1v) is 10.4. The van der Waals surface area contributed by atoms with Gasteiger partial charge in [0.05, 0.1) is 5.69 Å². The highest BCUT2D eigenvalue weighted by atomic mass is 35.5. The maximum atomic E-state index is 13.5. The van der Waals surface area contributed by atoms with E-state index in [2.05, 4.69) is 19.2 Å². The van der Waals surface area contributed by atoms with Gasteiger partial charge in [0, 0.05) is 23.0 Å². The maximum absolute atomic E-state index is 13.5. The molecule has 0 radical (unpaired) electrons. The number of nitrogens with two attached hydrogens (primary N) is 1. The summed E-state index contributed by atoms with van der Waals surface area (Å²) in [6, 6.07) is 4.97. The molecule has 0 bridgehead atoms. The van der Waals surface area contributed by atoms with Crippen LogP contribution in [0.5, 0.6) is 0 Å². The summed E-state index contributed by atoms with van der Waals surface area (Å²) in [6.45, 7) is 8.05. The lowest BCUT2D eigenvalue weighted by atomic mass is 9.76. The molecule has 1 aromatic rings. The number of hydrogen-bond acceptors (Lipinski definition) is 3. The van der Waals surface area contributed by atoms with Crippen molar-refractivity contribution in [2.45, 2.75) is 58.2 Å². The number of imide groups is 1. The SMILES string of the molecule is CC[C@@H](C)N1C(=O)[C@@H]2[C@H](CC(C)C)[NH2+][C@@]3(C(=O)Nc4ccc(Cl)cc43)[C@@H]2C1=O. The van der Waals surface area contributed by atoms with Gasteiger partial charge in [-0.1, -0.05) is 32.4 Å². The predicted molar refractivity (Wildman–Crippen MR) is 106 cm³/mol. The summed E-state index contributed by atoms with van der Waals surface area (Å²) in [5, 5.41) is 5.42. The van der Waals surface area contributed by atoms with E-state index in [-0.39, 0.29) is 29.8 Å². The first-order chi connectivity index (χ1) is 13.2. The first-order valence-electron chi connectivity index (χ1n) is 10.1. The molecule has 150 valence electrons. The molecule has 28 heavy (non-hydrogen) atoms. The van der Waals surface area contributed by atoms with Crippen molar-refractivity contribution in [1.29, 1.82) is 0 Å². The third-order valence-corrected chi connectivity index (χ3v) is 6.88. The molecule has 0 aliphatic carbocycles. The Balaban J connectivity index is 1.89. The standard InChI is InChI=1S/C21H26ClN3O3/c1-5-11(4)25-18(26)16-15(8-10(2)3)24-21(17(16)19(25)27)13-9-12(22)6-7-14(13)23-20(21)28/h6-7,9-11,15-17,24H,5,8H2,1-4H3,(H,23,28)/p+1/t11-,15+,16-,17+,21-/m1/s1. The summed E-state index contributed by atoms with van der Waals surface area (Å²) >= 11 is 6.25. The van der Waals surface area contributed by atoms with Crippen LogP contribution < -0.4 is 10.6 Å². The Kier molecular flexibility index (Phi) is 4.55. The molecule has 1 spiro atoms. The van der Waals surface area contributed by atoms with Gasteiger partial charge in [0.25, 0.3) is 5.91 Å². The van der Waals surface area contributed by atoms with Crippen molar-refractivity contribution < 1.29 is 19.7 Å². The van der Waals surface area contributed by atoms with Gasteiger partial charge in [-0.3, -0.25) is 19.3 Å². The first kappa shape index (κ1) is 19.4. The average Bonchev–Trinajstić information content (AvgIpc) is 3.20. The number of hydrogen-bond donors (Lipinski definition) is 2. The molecule has 0 aromatic heterocycles. The number of amides is 3. The van der Waals surface area contributed by atoms with E-state index in [1.165, 1.54) is 4.90 Å². The highest BCUT2D eigenvalue weighted by molar-refractivity contribution is 6.31. The van der Waals surface area contributed by atoms with Crippen LogP contribution in [0.25, 0.3) is 0 Å². The Labute approximate surface area is 170 Å². The van der Waals surface area contributed by atoms with Crippen molar-refractivity contribution >= 4 is 35.0 Å². The summed E-state index contributed by atoms with van der Waals surface area (Å²) in [5.41, 5.74) is 0.273. The molecule has 2 saturated heterocycles. The zero-order valence-corrected chi connectivity index (χ0v) is 17.4. The molecule has 6 nitrogen and oxygen atoms in total. The van der Waals surface area contributed by atoms with Crippen molar-refractivity contribution in [1.82, 2.24) is 4.90 Å². The molecule has 3 N–H and O–H groups in total. The van der Waals surface area contributed by atoms with Crippen molar-refractivity contribution in [2.24, 2.45) is 17.8 Å². The summed E-state index contributed by atoms with van der Waals surface area (Å²) in [5.74, 6) is -1.42. The Morgan fingerprint density at radius 2 is 1.93 bits per heavy atom. The molecular weight excluding hydrogens is 378 g/mol. The average molecular weight is 405 g/mol. The number of benzene rings is 1. The van der Waals surface area contributed by atoms with Gasteiger partial charge in [0.15, 0.2) is 0 Å². The van der Waals surface area contributed by atoms with Gasteiger partial charge in [-0.25, -0.2) is 0 Å². The van der Waals surface area contributed by atoms with E-state index in [4.69, 9.17) is 11.6 Å².